The van der Waals surface area contributed by atoms with Crippen molar-refractivity contribution in [3.63, 3.8) is 0 Å². The van der Waals surface area contributed by atoms with Crippen molar-refractivity contribution in [3.8, 4) is 23.0 Å². The van der Waals surface area contributed by atoms with Crippen molar-refractivity contribution < 1.29 is 23.7 Å². The van der Waals surface area contributed by atoms with E-state index >= 15 is 0 Å². The Labute approximate surface area is 170 Å². The molecular formula is C22H26N2O5. The third kappa shape index (κ3) is 4.24. The highest BCUT2D eigenvalue weighted by atomic mass is 16.7. The molecule has 0 saturated heterocycles. The topological polar surface area (TPSA) is 78.1 Å². The molecule has 2 aliphatic heterocycles. The molecule has 0 fully saturated rings. The highest BCUT2D eigenvalue weighted by molar-refractivity contribution is 5.94. The minimum absolute atomic E-state index is 0.132. The Bertz CT molecular complexity index is 914. The predicted molar refractivity (Wildman–Crippen MR) is 109 cm³/mol. The molecule has 2 aromatic rings. The predicted octanol–water partition coefficient (Wildman–Crippen LogP) is 3.25. The maximum Gasteiger partial charge on any atom is 0.241 e. The summed E-state index contributed by atoms with van der Waals surface area (Å²) in [5.74, 6) is 2.92. The zero-order chi connectivity index (χ0) is 20.4. The summed E-state index contributed by atoms with van der Waals surface area (Å²) < 4.78 is 22.3. The number of carbonyl (C=O) groups is 1. The van der Waals surface area contributed by atoms with Crippen LogP contribution in [-0.4, -0.2) is 31.5 Å². The molecule has 0 aliphatic carbocycles. The lowest BCUT2D eigenvalue weighted by atomic mass is 10.1. The van der Waals surface area contributed by atoms with Crippen LogP contribution in [0.4, 0.5) is 5.69 Å². The fourth-order valence-electron chi connectivity index (χ4n) is 3.49. The van der Waals surface area contributed by atoms with Gasteiger partial charge in [0.25, 0.3) is 0 Å². The summed E-state index contributed by atoms with van der Waals surface area (Å²) in [4.78, 5) is 12.6. The van der Waals surface area contributed by atoms with Crippen molar-refractivity contribution in [2.75, 3.05) is 18.7 Å². The number of rotatable bonds is 7. The molecule has 0 saturated carbocycles. The standard InChI is InChI=1S/C22H26N2O5/c1-4-26-19-8-15-7-13(2)29-20(15)9-16(19)11-23-14(3)22(25)24-17-5-6-18-21(10-17)28-12-27-18/h5-6,8-10,13-14,23H,4,7,11-12H2,1-3H3,(H,24,25). The zero-order valence-corrected chi connectivity index (χ0v) is 16.9. The second-order valence-electron chi connectivity index (χ2n) is 7.29. The summed E-state index contributed by atoms with van der Waals surface area (Å²) in [6.07, 6.45) is 1.06. The molecule has 0 radical (unpaired) electrons. The Kier molecular flexibility index (Phi) is 5.49. The fourth-order valence-corrected chi connectivity index (χ4v) is 3.49. The molecule has 7 heteroatoms. The molecule has 2 atom stereocenters. The Balaban J connectivity index is 1.39. The lowest BCUT2D eigenvalue weighted by Crippen LogP contribution is -2.37. The Hall–Kier alpha value is -2.93. The van der Waals surface area contributed by atoms with Gasteiger partial charge in [-0.05, 0) is 45.0 Å². The second-order valence-corrected chi connectivity index (χ2v) is 7.29. The van der Waals surface area contributed by atoms with Crippen LogP contribution in [0.5, 0.6) is 23.0 Å². The van der Waals surface area contributed by atoms with Gasteiger partial charge in [-0.15, -0.1) is 0 Å². The van der Waals surface area contributed by atoms with E-state index in [-0.39, 0.29) is 18.8 Å². The number of hydrogen-bond donors (Lipinski definition) is 2. The average molecular weight is 398 g/mol. The van der Waals surface area contributed by atoms with Crippen molar-refractivity contribution in [1.82, 2.24) is 5.32 Å². The third-order valence-corrected chi connectivity index (χ3v) is 5.01. The SMILES string of the molecule is CCOc1cc2c(cc1CNC(C)C(=O)Nc1ccc3c(c1)OCO3)OC(C)C2. The first kappa shape index (κ1) is 19.4. The summed E-state index contributed by atoms with van der Waals surface area (Å²) in [5, 5.41) is 6.17. The van der Waals surface area contributed by atoms with E-state index in [9.17, 15) is 4.79 Å². The summed E-state index contributed by atoms with van der Waals surface area (Å²) in [6.45, 7) is 7.13. The maximum absolute atomic E-state index is 12.6. The fraction of sp³-hybridized carbons (Fsp3) is 0.409. The second kappa shape index (κ2) is 8.21. The molecule has 2 N–H and O–H groups in total. The summed E-state index contributed by atoms with van der Waals surface area (Å²) in [5.41, 5.74) is 2.81. The summed E-state index contributed by atoms with van der Waals surface area (Å²) in [7, 11) is 0. The van der Waals surface area contributed by atoms with Gasteiger partial charge in [0.1, 0.15) is 17.6 Å². The van der Waals surface area contributed by atoms with Crippen LogP contribution in [0, 0.1) is 0 Å². The number of amides is 1. The van der Waals surface area contributed by atoms with Gasteiger partial charge in [-0.3, -0.25) is 4.79 Å². The average Bonchev–Trinajstić information content (AvgIpc) is 3.30. The van der Waals surface area contributed by atoms with Gasteiger partial charge in [0.05, 0.1) is 12.6 Å². The lowest BCUT2D eigenvalue weighted by molar-refractivity contribution is -0.117. The van der Waals surface area contributed by atoms with Crippen LogP contribution in [0.25, 0.3) is 0 Å². The number of nitrogens with one attached hydrogen (secondary N) is 2. The molecule has 4 rings (SSSR count). The van der Waals surface area contributed by atoms with E-state index in [1.165, 1.54) is 5.56 Å². The van der Waals surface area contributed by atoms with Crippen LogP contribution in [0.15, 0.2) is 30.3 Å². The molecule has 0 bridgehead atoms. The Morgan fingerprint density at radius 2 is 2.03 bits per heavy atom. The monoisotopic (exact) mass is 398 g/mol. The first-order chi connectivity index (χ1) is 14.0. The molecule has 2 unspecified atom stereocenters. The smallest absolute Gasteiger partial charge is 0.241 e. The molecule has 2 aliphatic rings. The van der Waals surface area contributed by atoms with Gasteiger partial charge in [0.15, 0.2) is 11.5 Å². The zero-order valence-electron chi connectivity index (χ0n) is 16.9. The first-order valence-corrected chi connectivity index (χ1v) is 9.92. The van der Waals surface area contributed by atoms with E-state index in [0.29, 0.717) is 30.3 Å². The summed E-state index contributed by atoms with van der Waals surface area (Å²) in [6, 6.07) is 9.01. The molecule has 154 valence electrons. The van der Waals surface area contributed by atoms with Crippen LogP contribution in [0.3, 0.4) is 0 Å². The molecule has 0 spiro atoms. The minimum atomic E-state index is -0.400. The third-order valence-electron chi connectivity index (χ3n) is 5.01. The molecule has 1 amide bonds. The first-order valence-electron chi connectivity index (χ1n) is 9.92. The van der Waals surface area contributed by atoms with E-state index in [1.54, 1.807) is 18.2 Å². The van der Waals surface area contributed by atoms with E-state index in [1.807, 2.05) is 19.9 Å². The summed E-state index contributed by atoms with van der Waals surface area (Å²) >= 11 is 0. The largest absolute Gasteiger partial charge is 0.494 e. The van der Waals surface area contributed by atoms with Crippen LogP contribution in [-0.2, 0) is 17.8 Å². The van der Waals surface area contributed by atoms with Gasteiger partial charge in [-0.25, -0.2) is 0 Å². The number of hydrogen-bond acceptors (Lipinski definition) is 6. The molecule has 29 heavy (non-hydrogen) atoms. The van der Waals surface area contributed by atoms with E-state index in [4.69, 9.17) is 18.9 Å². The highest BCUT2D eigenvalue weighted by Crippen LogP contribution is 2.36. The van der Waals surface area contributed by atoms with Gasteiger partial charge in [-0.1, -0.05) is 0 Å². The van der Waals surface area contributed by atoms with Crippen molar-refractivity contribution in [2.24, 2.45) is 0 Å². The highest BCUT2D eigenvalue weighted by Gasteiger charge is 2.23. The van der Waals surface area contributed by atoms with Crippen LogP contribution in [0.2, 0.25) is 0 Å². The van der Waals surface area contributed by atoms with Crippen molar-refractivity contribution in [1.29, 1.82) is 0 Å². The quantitative estimate of drug-likeness (QED) is 0.746. The molecule has 2 heterocycles. The van der Waals surface area contributed by atoms with Crippen molar-refractivity contribution >= 4 is 11.6 Å². The van der Waals surface area contributed by atoms with Gasteiger partial charge in [0.2, 0.25) is 12.7 Å². The van der Waals surface area contributed by atoms with Gasteiger partial charge in [-0.2, -0.15) is 0 Å². The number of ether oxygens (including phenoxy) is 4. The number of carbonyl (C=O) groups excluding carboxylic acids is 1. The number of anilines is 1. The van der Waals surface area contributed by atoms with Crippen LogP contribution >= 0.6 is 0 Å². The van der Waals surface area contributed by atoms with E-state index < -0.39 is 6.04 Å². The Morgan fingerprint density at radius 3 is 2.86 bits per heavy atom. The molecule has 0 aromatic heterocycles. The van der Waals surface area contributed by atoms with Gasteiger partial charge in [0, 0.05) is 35.8 Å². The lowest BCUT2D eigenvalue weighted by Gasteiger charge is -2.17. The van der Waals surface area contributed by atoms with Crippen molar-refractivity contribution in [2.45, 2.75) is 45.9 Å². The number of fused-ring (bicyclic) bond motifs is 2. The maximum atomic E-state index is 12.6. The van der Waals surface area contributed by atoms with Crippen LogP contribution < -0.4 is 29.6 Å². The minimum Gasteiger partial charge on any atom is -0.494 e. The number of benzene rings is 2. The van der Waals surface area contributed by atoms with Gasteiger partial charge < -0.3 is 29.6 Å². The molecular weight excluding hydrogens is 372 g/mol. The molecule has 2 aromatic carbocycles. The van der Waals surface area contributed by atoms with Gasteiger partial charge >= 0.3 is 0 Å². The van der Waals surface area contributed by atoms with E-state index in [2.05, 4.69) is 23.6 Å². The van der Waals surface area contributed by atoms with Crippen LogP contribution in [0.1, 0.15) is 31.9 Å². The van der Waals surface area contributed by atoms with Crippen molar-refractivity contribution in [3.05, 3.63) is 41.5 Å². The Morgan fingerprint density at radius 1 is 1.21 bits per heavy atom. The normalized spacial score (nSPS) is 17.4. The van der Waals surface area contributed by atoms with E-state index in [0.717, 1.165) is 23.5 Å². The molecule has 7 nitrogen and oxygen atoms in total.